The quantitative estimate of drug-likeness (QED) is 0.931. The predicted octanol–water partition coefficient (Wildman–Crippen LogP) is 2.99. The lowest BCUT2D eigenvalue weighted by Gasteiger charge is -2.04. The van der Waals surface area contributed by atoms with Crippen LogP contribution in [0.15, 0.2) is 28.1 Å². The minimum atomic E-state index is -0.477. The molecule has 0 saturated carbocycles. The minimum Gasteiger partial charge on any atom is -0.395 e. The second kappa shape index (κ2) is 4.97. The Morgan fingerprint density at radius 2 is 2.11 bits per heavy atom. The number of nitrogen functional groups attached to an aromatic ring is 1. The molecule has 18 heavy (non-hydrogen) atoms. The lowest BCUT2D eigenvalue weighted by Crippen LogP contribution is -1.95. The molecule has 0 radical (unpaired) electrons. The molecule has 0 aliphatic carbocycles. The molecule has 0 saturated heterocycles. The van der Waals surface area contributed by atoms with Crippen molar-refractivity contribution in [3.05, 3.63) is 35.5 Å². The van der Waals surface area contributed by atoms with Gasteiger partial charge in [-0.05, 0) is 24.6 Å². The van der Waals surface area contributed by atoms with Crippen LogP contribution in [0.3, 0.4) is 0 Å². The number of aryl methyl sites for hydroxylation is 2. The molecule has 3 nitrogen and oxygen atoms in total. The largest absolute Gasteiger partial charge is 0.395 e. The van der Waals surface area contributed by atoms with Crippen molar-refractivity contribution in [3.8, 4) is 0 Å². The summed E-state index contributed by atoms with van der Waals surface area (Å²) in [5.74, 6) is -0.949. The van der Waals surface area contributed by atoms with Crippen molar-refractivity contribution in [1.82, 2.24) is 9.78 Å². The van der Waals surface area contributed by atoms with Gasteiger partial charge in [0.25, 0.3) is 0 Å². The van der Waals surface area contributed by atoms with Gasteiger partial charge >= 0.3 is 0 Å². The Morgan fingerprint density at radius 1 is 1.39 bits per heavy atom. The molecule has 2 N–H and O–H groups in total. The molecule has 0 aliphatic rings. The number of halogens is 2. The molecule has 0 fully saturated rings. The van der Waals surface area contributed by atoms with Crippen LogP contribution in [0.25, 0.3) is 0 Å². The van der Waals surface area contributed by atoms with Crippen LogP contribution < -0.4 is 5.73 Å². The molecular weight excluding hydrogens is 256 g/mol. The summed E-state index contributed by atoms with van der Waals surface area (Å²) >= 11 is 1.08. The highest BCUT2D eigenvalue weighted by molar-refractivity contribution is 7.99. The lowest BCUT2D eigenvalue weighted by atomic mass is 10.3. The second-order valence-electron chi connectivity index (χ2n) is 3.82. The minimum absolute atomic E-state index is 0.201. The summed E-state index contributed by atoms with van der Waals surface area (Å²) in [4.78, 5) is 0.201. The third-order valence-electron chi connectivity index (χ3n) is 2.54. The Labute approximate surface area is 108 Å². The monoisotopic (exact) mass is 269 g/mol. The van der Waals surface area contributed by atoms with Gasteiger partial charge in [0.2, 0.25) is 0 Å². The first-order chi connectivity index (χ1) is 8.52. The van der Waals surface area contributed by atoms with Crippen molar-refractivity contribution in [1.29, 1.82) is 0 Å². The number of nitrogens with two attached hydrogens (primary N) is 1. The summed E-state index contributed by atoms with van der Waals surface area (Å²) in [6, 6.07) is 3.34. The van der Waals surface area contributed by atoms with Gasteiger partial charge in [0.05, 0.1) is 16.3 Å². The Hall–Kier alpha value is -1.56. The topological polar surface area (TPSA) is 43.8 Å². The summed E-state index contributed by atoms with van der Waals surface area (Å²) in [7, 11) is 1.73. The van der Waals surface area contributed by atoms with Gasteiger partial charge in [-0.25, -0.2) is 8.78 Å². The van der Waals surface area contributed by atoms with E-state index in [-0.39, 0.29) is 4.90 Å². The first-order valence-corrected chi connectivity index (χ1v) is 6.28. The normalized spacial score (nSPS) is 10.9. The number of hydrogen-bond donors (Lipinski definition) is 1. The SMILES string of the molecule is CCc1nn(C)c(Sc2cc(F)ccc2F)c1N. The standard InChI is InChI=1S/C12H13F2N3S/c1-3-9-11(15)12(17(2)16-9)18-10-6-7(13)4-5-8(10)14/h4-6H,3,15H2,1-2H3. The predicted molar refractivity (Wildman–Crippen MR) is 67.5 cm³/mol. The van der Waals surface area contributed by atoms with Crippen molar-refractivity contribution in [2.24, 2.45) is 7.05 Å². The number of benzene rings is 1. The summed E-state index contributed by atoms with van der Waals surface area (Å²) in [6.07, 6.45) is 0.700. The zero-order valence-corrected chi connectivity index (χ0v) is 10.9. The summed E-state index contributed by atoms with van der Waals surface area (Å²) in [5, 5.41) is 4.85. The molecule has 0 unspecified atom stereocenters. The first kappa shape index (κ1) is 12.9. The summed E-state index contributed by atoms with van der Waals surface area (Å²) in [6.45, 7) is 1.94. The molecule has 1 aromatic heterocycles. The molecule has 0 spiro atoms. The maximum atomic E-state index is 13.5. The van der Waals surface area contributed by atoms with Crippen molar-refractivity contribution in [3.63, 3.8) is 0 Å². The van der Waals surface area contributed by atoms with Crippen LogP contribution in [-0.4, -0.2) is 9.78 Å². The maximum Gasteiger partial charge on any atom is 0.137 e. The highest BCUT2D eigenvalue weighted by Gasteiger charge is 2.15. The number of hydrogen-bond acceptors (Lipinski definition) is 3. The average Bonchev–Trinajstić information content (AvgIpc) is 2.61. The molecule has 0 aliphatic heterocycles. The molecule has 96 valence electrons. The van der Waals surface area contributed by atoms with Gasteiger partial charge in [0, 0.05) is 7.05 Å². The van der Waals surface area contributed by atoms with Gasteiger partial charge in [0.15, 0.2) is 0 Å². The van der Waals surface area contributed by atoms with Crippen LogP contribution in [-0.2, 0) is 13.5 Å². The van der Waals surface area contributed by atoms with Gasteiger partial charge < -0.3 is 5.73 Å². The highest BCUT2D eigenvalue weighted by atomic mass is 32.2. The van der Waals surface area contributed by atoms with Crippen LogP contribution >= 0.6 is 11.8 Å². The van der Waals surface area contributed by atoms with E-state index in [0.717, 1.165) is 35.7 Å². The van der Waals surface area contributed by atoms with Crippen molar-refractivity contribution in [2.45, 2.75) is 23.3 Å². The molecule has 0 amide bonds. The molecule has 6 heteroatoms. The summed E-state index contributed by atoms with van der Waals surface area (Å²) < 4.78 is 28.2. The van der Waals surface area contributed by atoms with Gasteiger partial charge in [-0.1, -0.05) is 18.7 Å². The highest BCUT2D eigenvalue weighted by Crippen LogP contribution is 2.35. The van der Waals surface area contributed by atoms with Gasteiger partial charge in [-0.15, -0.1) is 0 Å². The van der Waals surface area contributed by atoms with E-state index < -0.39 is 11.6 Å². The molecule has 1 aromatic carbocycles. The van der Waals surface area contributed by atoms with Crippen molar-refractivity contribution >= 4 is 17.4 Å². The van der Waals surface area contributed by atoms with Crippen LogP contribution in [0, 0.1) is 11.6 Å². The zero-order valence-electron chi connectivity index (χ0n) is 10.1. The van der Waals surface area contributed by atoms with Gasteiger partial charge in [-0.3, -0.25) is 4.68 Å². The molecular formula is C12H13F2N3S. The van der Waals surface area contributed by atoms with Crippen LogP contribution in [0.5, 0.6) is 0 Å². The van der Waals surface area contributed by atoms with Gasteiger partial charge in [0.1, 0.15) is 16.7 Å². The first-order valence-electron chi connectivity index (χ1n) is 5.47. The fraction of sp³-hybridized carbons (Fsp3) is 0.250. The number of rotatable bonds is 3. The third-order valence-corrected chi connectivity index (χ3v) is 3.75. The Morgan fingerprint density at radius 3 is 2.72 bits per heavy atom. The van der Waals surface area contributed by atoms with E-state index in [2.05, 4.69) is 5.10 Å². The van der Waals surface area contributed by atoms with E-state index in [1.54, 1.807) is 11.7 Å². The average molecular weight is 269 g/mol. The summed E-state index contributed by atoms with van der Waals surface area (Å²) in [5.41, 5.74) is 7.21. The third kappa shape index (κ3) is 2.33. The lowest BCUT2D eigenvalue weighted by molar-refractivity contribution is 0.576. The molecule has 2 aromatic rings. The van der Waals surface area contributed by atoms with Gasteiger partial charge in [-0.2, -0.15) is 5.10 Å². The van der Waals surface area contributed by atoms with Crippen LogP contribution in [0.1, 0.15) is 12.6 Å². The van der Waals surface area contributed by atoms with E-state index in [4.69, 9.17) is 5.73 Å². The van der Waals surface area contributed by atoms with Crippen molar-refractivity contribution in [2.75, 3.05) is 5.73 Å². The smallest absolute Gasteiger partial charge is 0.137 e. The Balaban J connectivity index is 2.39. The van der Waals surface area contributed by atoms with Crippen LogP contribution in [0.4, 0.5) is 14.5 Å². The fourth-order valence-corrected chi connectivity index (χ4v) is 2.57. The molecule has 2 rings (SSSR count). The van der Waals surface area contributed by atoms with E-state index in [9.17, 15) is 8.78 Å². The number of aromatic nitrogens is 2. The van der Waals surface area contributed by atoms with E-state index >= 15 is 0 Å². The Kier molecular flexibility index (Phi) is 3.56. The molecule has 0 bridgehead atoms. The second-order valence-corrected chi connectivity index (χ2v) is 4.85. The number of nitrogens with zero attached hydrogens (tertiary/aromatic N) is 2. The van der Waals surface area contributed by atoms with Crippen LogP contribution in [0.2, 0.25) is 0 Å². The van der Waals surface area contributed by atoms with E-state index in [0.29, 0.717) is 17.1 Å². The zero-order chi connectivity index (χ0) is 13.3. The molecule has 1 heterocycles. The van der Waals surface area contributed by atoms with Crippen molar-refractivity contribution < 1.29 is 8.78 Å². The fourth-order valence-electron chi connectivity index (χ4n) is 1.62. The Bertz CT molecular complexity index is 581. The van der Waals surface area contributed by atoms with E-state index in [1.165, 1.54) is 0 Å². The maximum absolute atomic E-state index is 13.5. The number of anilines is 1. The molecule has 0 atom stereocenters. The van der Waals surface area contributed by atoms with E-state index in [1.807, 2.05) is 6.92 Å².